The van der Waals surface area contributed by atoms with Gasteiger partial charge in [-0.05, 0) is 6.92 Å². The zero-order valence-corrected chi connectivity index (χ0v) is 5.94. The smallest absolute Gasteiger partial charge is 0.323 e. The maximum absolute atomic E-state index is 10.2. The summed E-state index contributed by atoms with van der Waals surface area (Å²) in [4.78, 5) is 20.5. The van der Waals surface area contributed by atoms with Gasteiger partial charge in [0.1, 0.15) is 0 Å². The summed E-state index contributed by atoms with van der Waals surface area (Å²) in [5, 5.41) is 16.7. The van der Waals surface area contributed by atoms with Gasteiger partial charge in [-0.15, -0.1) is 0 Å². The van der Waals surface area contributed by atoms with Gasteiger partial charge in [0.25, 0.3) is 0 Å². The Morgan fingerprint density at radius 2 is 1.73 bits per heavy atom. The first kappa shape index (κ1) is 9.48. The lowest BCUT2D eigenvalue weighted by atomic mass is 10.1. The number of rotatable bonds is 3. The minimum atomic E-state index is -1.63. The molecule has 0 aromatic heterocycles. The lowest BCUT2D eigenvalue weighted by Gasteiger charge is -2.05. The second-order valence-electron chi connectivity index (χ2n) is 1.90. The Bertz CT molecular complexity index is 195. The van der Waals surface area contributed by atoms with Crippen molar-refractivity contribution in [1.29, 1.82) is 0 Å². The summed E-state index contributed by atoms with van der Waals surface area (Å²) in [6, 6.07) is 0. The van der Waals surface area contributed by atoms with Crippen LogP contribution >= 0.6 is 0 Å². The molecular formula is C6H9NO4. The van der Waals surface area contributed by atoms with Gasteiger partial charge in [-0.25, -0.2) is 0 Å². The van der Waals surface area contributed by atoms with Gasteiger partial charge in [0.15, 0.2) is 5.92 Å². The van der Waals surface area contributed by atoms with E-state index in [-0.39, 0.29) is 5.70 Å². The Labute approximate surface area is 63.1 Å². The van der Waals surface area contributed by atoms with E-state index in [1.165, 1.54) is 13.0 Å². The normalized spacial score (nSPS) is 11.6. The summed E-state index contributed by atoms with van der Waals surface area (Å²) in [5.41, 5.74) is 4.96. The lowest BCUT2D eigenvalue weighted by Crippen LogP contribution is -2.28. The zero-order chi connectivity index (χ0) is 9.02. The van der Waals surface area contributed by atoms with E-state index in [1.54, 1.807) is 0 Å². The predicted octanol–water partition coefficient (Wildman–Crippen LogP) is -0.366. The van der Waals surface area contributed by atoms with Gasteiger partial charge in [-0.2, -0.15) is 0 Å². The third kappa shape index (κ3) is 2.29. The fraction of sp³-hybridized carbons (Fsp3) is 0.333. The molecule has 0 rings (SSSR count). The van der Waals surface area contributed by atoms with E-state index in [9.17, 15) is 9.59 Å². The third-order valence-corrected chi connectivity index (χ3v) is 1.16. The van der Waals surface area contributed by atoms with Gasteiger partial charge in [0, 0.05) is 5.70 Å². The topological polar surface area (TPSA) is 101 Å². The van der Waals surface area contributed by atoms with Gasteiger partial charge in [0.2, 0.25) is 0 Å². The molecular weight excluding hydrogens is 150 g/mol. The summed E-state index contributed by atoms with van der Waals surface area (Å²) < 4.78 is 0. The Kier molecular flexibility index (Phi) is 3.10. The van der Waals surface area contributed by atoms with Crippen LogP contribution < -0.4 is 5.73 Å². The molecule has 0 aliphatic carbocycles. The van der Waals surface area contributed by atoms with Crippen molar-refractivity contribution in [2.24, 2.45) is 11.7 Å². The van der Waals surface area contributed by atoms with Crippen LogP contribution in [0.25, 0.3) is 0 Å². The Morgan fingerprint density at radius 1 is 1.36 bits per heavy atom. The predicted molar refractivity (Wildman–Crippen MR) is 36.7 cm³/mol. The van der Waals surface area contributed by atoms with Crippen molar-refractivity contribution in [2.45, 2.75) is 6.92 Å². The highest BCUT2D eigenvalue weighted by Crippen LogP contribution is 2.05. The molecule has 0 aliphatic heterocycles. The van der Waals surface area contributed by atoms with E-state index in [1.807, 2.05) is 0 Å². The van der Waals surface area contributed by atoms with Crippen LogP contribution in [-0.4, -0.2) is 22.2 Å². The van der Waals surface area contributed by atoms with Crippen molar-refractivity contribution in [3.8, 4) is 0 Å². The number of carbonyl (C=O) groups is 2. The molecule has 62 valence electrons. The highest BCUT2D eigenvalue weighted by Gasteiger charge is 2.27. The van der Waals surface area contributed by atoms with Gasteiger partial charge >= 0.3 is 11.9 Å². The van der Waals surface area contributed by atoms with E-state index in [0.29, 0.717) is 0 Å². The standard InChI is InChI=1S/C6H9NO4/c1-2-3(7)4(5(8)9)6(10)11/h2,4H,7H2,1H3,(H,8,9)(H,10,11). The second kappa shape index (κ2) is 3.60. The first-order valence-corrected chi connectivity index (χ1v) is 2.88. The molecule has 11 heavy (non-hydrogen) atoms. The number of allylic oxidation sites excluding steroid dienone is 1. The first-order valence-electron chi connectivity index (χ1n) is 2.88. The monoisotopic (exact) mass is 159 g/mol. The quantitative estimate of drug-likeness (QED) is 0.488. The van der Waals surface area contributed by atoms with Crippen LogP contribution in [-0.2, 0) is 9.59 Å². The minimum absolute atomic E-state index is 0.162. The van der Waals surface area contributed by atoms with Crippen LogP contribution in [0, 0.1) is 5.92 Å². The van der Waals surface area contributed by atoms with Gasteiger partial charge < -0.3 is 15.9 Å². The van der Waals surface area contributed by atoms with Gasteiger partial charge in [0.05, 0.1) is 0 Å². The first-order chi connectivity index (χ1) is 5.00. The van der Waals surface area contributed by atoms with Crippen LogP contribution in [0.2, 0.25) is 0 Å². The Balaban J connectivity index is 4.62. The molecule has 5 nitrogen and oxygen atoms in total. The number of aliphatic carboxylic acids is 2. The molecule has 0 aromatic carbocycles. The maximum atomic E-state index is 10.2. The van der Waals surface area contributed by atoms with Crippen molar-refractivity contribution in [1.82, 2.24) is 0 Å². The molecule has 0 unspecified atom stereocenters. The van der Waals surface area contributed by atoms with Crippen LogP contribution in [0.4, 0.5) is 0 Å². The molecule has 0 aromatic rings. The van der Waals surface area contributed by atoms with E-state index in [0.717, 1.165) is 0 Å². The van der Waals surface area contributed by atoms with E-state index in [2.05, 4.69) is 0 Å². The second-order valence-corrected chi connectivity index (χ2v) is 1.90. The number of carboxylic acid groups (broad SMARTS) is 2. The van der Waals surface area contributed by atoms with Crippen molar-refractivity contribution >= 4 is 11.9 Å². The van der Waals surface area contributed by atoms with Crippen LogP contribution in [0.3, 0.4) is 0 Å². The molecule has 5 heteroatoms. The summed E-state index contributed by atoms with van der Waals surface area (Å²) in [7, 11) is 0. The summed E-state index contributed by atoms with van der Waals surface area (Å²) >= 11 is 0. The minimum Gasteiger partial charge on any atom is -0.480 e. The molecule has 0 spiro atoms. The number of nitrogens with two attached hydrogens (primary N) is 1. The molecule has 0 radical (unpaired) electrons. The maximum Gasteiger partial charge on any atom is 0.323 e. The molecule has 0 bridgehead atoms. The van der Waals surface area contributed by atoms with Gasteiger partial charge in [-0.3, -0.25) is 9.59 Å². The van der Waals surface area contributed by atoms with Crippen LogP contribution in [0.5, 0.6) is 0 Å². The summed E-state index contributed by atoms with van der Waals surface area (Å²) in [5.74, 6) is -4.53. The third-order valence-electron chi connectivity index (χ3n) is 1.16. The molecule has 0 aliphatic rings. The molecule has 4 N–H and O–H groups in total. The fourth-order valence-corrected chi connectivity index (χ4v) is 0.557. The molecule has 0 saturated carbocycles. The lowest BCUT2D eigenvalue weighted by molar-refractivity contribution is -0.152. The summed E-state index contributed by atoms with van der Waals surface area (Å²) in [6.07, 6.45) is 1.26. The molecule has 0 saturated heterocycles. The molecule has 0 heterocycles. The van der Waals surface area contributed by atoms with Crippen molar-refractivity contribution in [3.05, 3.63) is 11.8 Å². The zero-order valence-electron chi connectivity index (χ0n) is 5.94. The van der Waals surface area contributed by atoms with Crippen LogP contribution in [0.1, 0.15) is 6.92 Å². The highest BCUT2D eigenvalue weighted by molar-refractivity contribution is 5.96. The molecule has 0 atom stereocenters. The average molecular weight is 159 g/mol. The Morgan fingerprint density at radius 3 is 1.82 bits per heavy atom. The average Bonchev–Trinajstić information content (AvgIpc) is 1.85. The van der Waals surface area contributed by atoms with E-state index in [4.69, 9.17) is 15.9 Å². The highest BCUT2D eigenvalue weighted by atomic mass is 16.4. The van der Waals surface area contributed by atoms with E-state index >= 15 is 0 Å². The molecule has 0 amide bonds. The fourth-order valence-electron chi connectivity index (χ4n) is 0.557. The summed E-state index contributed by atoms with van der Waals surface area (Å²) in [6.45, 7) is 1.48. The van der Waals surface area contributed by atoms with Crippen molar-refractivity contribution in [2.75, 3.05) is 0 Å². The number of carboxylic acids is 2. The van der Waals surface area contributed by atoms with E-state index < -0.39 is 17.9 Å². The number of hydrogen-bond acceptors (Lipinski definition) is 3. The molecule has 0 fully saturated rings. The SMILES string of the molecule is CC=C(N)C(C(=O)O)C(=O)O. The van der Waals surface area contributed by atoms with Gasteiger partial charge in [-0.1, -0.05) is 6.08 Å². The van der Waals surface area contributed by atoms with Crippen molar-refractivity contribution in [3.63, 3.8) is 0 Å². The largest absolute Gasteiger partial charge is 0.480 e. The van der Waals surface area contributed by atoms with Crippen molar-refractivity contribution < 1.29 is 19.8 Å². The van der Waals surface area contributed by atoms with Crippen LogP contribution in [0.15, 0.2) is 11.8 Å². The number of hydrogen-bond donors (Lipinski definition) is 3. The Hall–Kier alpha value is -1.52.